The van der Waals surface area contributed by atoms with Crippen LogP contribution in [0.5, 0.6) is 0 Å². The number of anilines is 2. The minimum atomic E-state index is -0.420. The van der Waals surface area contributed by atoms with Crippen molar-refractivity contribution in [3.05, 3.63) is 68.6 Å². The lowest BCUT2D eigenvalue weighted by Gasteiger charge is -2.16. The molecule has 0 saturated heterocycles. The maximum Gasteiger partial charge on any atom is 0.272 e. The number of benzene rings is 2. The van der Waals surface area contributed by atoms with E-state index in [-0.39, 0.29) is 17.5 Å². The van der Waals surface area contributed by atoms with E-state index in [4.69, 9.17) is 0 Å². The molecule has 0 unspecified atom stereocenters. The number of nitrogens with one attached hydrogen (secondary N) is 1. The number of fused-ring (bicyclic) bond motifs is 1. The molecule has 3 aromatic rings. The van der Waals surface area contributed by atoms with Crippen LogP contribution in [-0.2, 0) is 11.2 Å². The van der Waals surface area contributed by atoms with Gasteiger partial charge < -0.3 is 4.90 Å². The van der Waals surface area contributed by atoms with Gasteiger partial charge in [0.05, 0.1) is 10.6 Å². The lowest BCUT2D eigenvalue weighted by Crippen LogP contribution is -2.27. The van der Waals surface area contributed by atoms with Gasteiger partial charge in [-0.2, -0.15) is 0 Å². The second-order valence-electron chi connectivity index (χ2n) is 7.24. The van der Waals surface area contributed by atoms with E-state index in [0.717, 1.165) is 17.7 Å². The van der Waals surface area contributed by atoms with E-state index in [1.54, 1.807) is 35.4 Å². The van der Waals surface area contributed by atoms with Crippen LogP contribution in [0.2, 0.25) is 0 Å². The molecular weight excluding hydrogens is 416 g/mol. The molecule has 1 aliphatic rings. The molecule has 0 radical (unpaired) electrons. The first-order chi connectivity index (χ1) is 14.9. The van der Waals surface area contributed by atoms with Crippen molar-refractivity contribution in [3.8, 4) is 11.3 Å². The van der Waals surface area contributed by atoms with Crippen LogP contribution in [0, 0.1) is 17.0 Å². The normalized spacial score (nSPS) is 12.5. The molecule has 0 atom stereocenters. The SMILES string of the molecule is CCC(=O)N1CCc2cc(C(=O)Nc3nc(-c4ccc(C)c([N+](=O)[O-])c4)cs3)ccc21. The summed E-state index contributed by atoms with van der Waals surface area (Å²) in [5, 5.41) is 16.1. The van der Waals surface area contributed by atoms with Crippen LogP contribution in [0.1, 0.15) is 34.8 Å². The summed E-state index contributed by atoms with van der Waals surface area (Å²) >= 11 is 1.25. The summed E-state index contributed by atoms with van der Waals surface area (Å²) in [5.41, 5.74) is 4.12. The molecule has 2 aromatic carbocycles. The quantitative estimate of drug-likeness (QED) is 0.466. The molecular formula is C22H20N4O4S. The topological polar surface area (TPSA) is 105 Å². The molecule has 8 nitrogen and oxygen atoms in total. The minimum absolute atomic E-state index is 0.0322. The fourth-order valence-corrected chi connectivity index (χ4v) is 4.31. The Morgan fingerprint density at radius 1 is 1.26 bits per heavy atom. The van der Waals surface area contributed by atoms with Gasteiger partial charge in [-0.1, -0.05) is 19.1 Å². The average Bonchev–Trinajstić information content (AvgIpc) is 3.40. The first-order valence-corrected chi connectivity index (χ1v) is 10.7. The Labute approximate surface area is 182 Å². The zero-order valence-corrected chi connectivity index (χ0v) is 17.9. The number of nitro groups is 1. The highest BCUT2D eigenvalue weighted by molar-refractivity contribution is 7.14. The summed E-state index contributed by atoms with van der Waals surface area (Å²) < 4.78 is 0. The van der Waals surface area contributed by atoms with Gasteiger partial charge in [-0.05, 0) is 37.1 Å². The van der Waals surface area contributed by atoms with E-state index in [0.29, 0.717) is 40.5 Å². The molecule has 0 fully saturated rings. The molecule has 2 heterocycles. The fraction of sp³-hybridized carbons (Fsp3) is 0.227. The zero-order chi connectivity index (χ0) is 22.1. The molecule has 1 N–H and O–H groups in total. The van der Waals surface area contributed by atoms with Gasteiger partial charge in [0.15, 0.2) is 5.13 Å². The first kappa shape index (κ1) is 20.7. The Bertz CT molecular complexity index is 1200. The first-order valence-electron chi connectivity index (χ1n) is 9.83. The summed E-state index contributed by atoms with van der Waals surface area (Å²) in [7, 11) is 0. The molecule has 0 aliphatic carbocycles. The second kappa shape index (κ2) is 8.27. The Morgan fingerprint density at radius 3 is 2.81 bits per heavy atom. The van der Waals surface area contributed by atoms with Gasteiger partial charge in [0.25, 0.3) is 11.6 Å². The Balaban J connectivity index is 1.51. The van der Waals surface area contributed by atoms with E-state index < -0.39 is 4.92 Å². The maximum atomic E-state index is 12.7. The Kier molecular flexibility index (Phi) is 5.51. The Hall–Kier alpha value is -3.59. The Morgan fingerprint density at radius 2 is 2.06 bits per heavy atom. The summed E-state index contributed by atoms with van der Waals surface area (Å²) in [5.74, 6) is -0.221. The lowest BCUT2D eigenvalue weighted by molar-refractivity contribution is -0.385. The van der Waals surface area contributed by atoms with Crippen molar-refractivity contribution in [2.24, 2.45) is 0 Å². The minimum Gasteiger partial charge on any atom is -0.312 e. The van der Waals surface area contributed by atoms with Crippen molar-refractivity contribution < 1.29 is 14.5 Å². The van der Waals surface area contributed by atoms with Crippen LogP contribution < -0.4 is 10.2 Å². The molecule has 0 saturated carbocycles. The number of carbonyl (C=O) groups is 2. The lowest BCUT2D eigenvalue weighted by atomic mass is 10.1. The number of aromatic nitrogens is 1. The van der Waals surface area contributed by atoms with Crippen molar-refractivity contribution in [3.63, 3.8) is 0 Å². The number of hydrogen-bond acceptors (Lipinski definition) is 6. The molecule has 1 aliphatic heterocycles. The molecule has 0 bridgehead atoms. The number of carbonyl (C=O) groups excluding carboxylic acids is 2. The molecule has 0 spiro atoms. The van der Waals surface area contributed by atoms with Crippen LogP contribution in [0.4, 0.5) is 16.5 Å². The van der Waals surface area contributed by atoms with Crippen LogP contribution in [-0.4, -0.2) is 28.3 Å². The van der Waals surface area contributed by atoms with Crippen molar-refractivity contribution >= 4 is 39.7 Å². The van der Waals surface area contributed by atoms with E-state index in [1.165, 1.54) is 17.4 Å². The zero-order valence-electron chi connectivity index (χ0n) is 17.0. The number of nitrogens with zero attached hydrogens (tertiary/aromatic N) is 3. The van der Waals surface area contributed by atoms with Crippen molar-refractivity contribution in [1.82, 2.24) is 4.98 Å². The highest BCUT2D eigenvalue weighted by Gasteiger charge is 2.24. The monoisotopic (exact) mass is 436 g/mol. The van der Waals surface area contributed by atoms with E-state index in [1.807, 2.05) is 19.1 Å². The fourth-order valence-electron chi connectivity index (χ4n) is 3.59. The number of amides is 2. The van der Waals surface area contributed by atoms with Crippen molar-refractivity contribution in [2.75, 3.05) is 16.8 Å². The number of nitro benzene ring substituents is 1. The van der Waals surface area contributed by atoms with E-state index in [9.17, 15) is 19.7 Å². The number of hydrogen-bond donors (Lipinski definition) is 1. The molecule has 2 amide bonds. The summed E-state index contributed by atoms with van der Waals surface area (Å²) in [6.07, 6.45) is 1.16. The van der Waals surface area contributed by atoms with Crippen LogP contribution in [0.25, 0.3) is 11.3 Å². The standard InChI is InChI=1S/C22H20N4O4S/c1-3-20(27)25-9-8-15-10-16(6-7-18(15)25)21(28)24-22-23-17(12-31-22)14-5-4-13(2)19(11-14)26(29)30/h4-7,10-12H,3,8-9H2,1-2H3,(H,23,24,28). The van der Waals surface area contributed by atoms with Crippen LogP contribution in [0.3, 0.4) is 0 Å². The number of aryl methyl sites for hydroxylation is 1. The van der Waals surface area contributed by atoms with Crippen LogP contribution >= 0.6 is 11.3 Å². The second-order valence-corrected chi connectivity index (χ2v) is 8.10. The summed E-state index contributed by atoms with van der Waals surface area (Å²) in [6.45, 7) is 4.15. The highest BCUT2D eigenvalue weighted by Crippen LogP contribution is 2.31. The van der Waals surface area contributed by atoms with Crippen molar-refractivity contribution in [2.45, 2.75) is 26.7 Å². The molecule has 1 aromatic heterocycles. The summed E-state index contributed by atoms with van der Waals surface area (Å²) in [6, 6.07) is 10.3. The number of thiazole rings is 1. The smallest absolute Gasteiger partial charge is 0.272 e. The van der Waals surface area contributed by atoms with Gasteiger partial charge in [0.2, 0.25) is 5.91 Å². The van der Waals surface area contributed by atoms with E-state index in [2.05, 4.69) is 10.3 Å². The van der Waals surface area contributed by atoms with E-state index >= 15 is 0 Å². The molecule has 158 valence electrons. The van der Waals surface area contributed by atoms with Crippen molar-refractivity contribution in [1.29, 1.82) is 0 Å². The predicted molar refractivity (Wildman–Crippen MR) is 120 cm³/mol. The summed E-state index contributed by atoms with van der Waals surface area (Å²) in [4.78, 5) is 41.7. The average molecular weight is 436 g/mol. The largest absolute Gasteiger partial charge is 0.312 e. The van der Waals surface area contributed by atoms with Gasteiger partial charge in [-0.3, -0.25) is 25.0 Å². The predicted octanol–water partition coefficient (Wildman–Crippen LogP) is 4.58. The van der Waals surface area contributed by atoms with Gasteiger partial charge in [0.1, 0.15) is 0 Å². The third-order valence-electron chi connectivity index (χ3n) is 5.27. The number of rotatable bonds is 5. The van der Waals surface area contributed by atoms with Crippen LogP contribution in [0.15, 0.2) is 41.8 Å². The molecule has 31 heavy (non-hydrogen) atoms. The molecule has 4 rings (SSSR count). The van der Waals surface area contributed by atoms with Gasteiger partial charge in [-0.15, -0.1) is 11.3 Å². The van der Waals surface area contributed by atoms with Gasteiger partial charge in [0, 0.05) is 46.8 Å². The van der Waals surface area contributed by atoms with Gasteiger partial charge >= 0.3 is 0 Å². The van der Waals surface area contributed by atoms with Gasteiger partial charge in [-0.25, -0.2) is 4.98 Å². The maximum absolute atomic E-state index is 12.7. The third-order valence-corrected chi connectivity index (χ3v) is 6.02. The third kappa shape index (κ3) is 4.04. The molecule has 9 heteroatoms. The highest BCUT2D eigenvalue weighted by atomic mass is 32.1.